The molecule has 3 rings (SSSR count). The highest BCUT2D eigenvalue weighted by Gasteiger charge is 2.20. The second kappa shape index (κ2) is 8.60. The highest BCUT2D eigenvalue weighted by atomic mass is 32.2. The maximum absolute atomic E-state index is 12.4. The van der Waals surface area contributed by atoms with Crippen LogP contribution < -0.4 is 10.0 Å². The molecule has 1 aromatic heterocycles. The number of nitrogens with zero attached hydrogens (tertiary/aromatic N) is 1. The molecule has 1 fully saturated rings. The summed E-state index contributed by atoms with van der Waals surface area (Å²) in [6.45, 7) is 2.77. The van der Waals surface area contributed by atoms with Crippen LogP contribution in [0.4, 0.5) is 0 Å². The maximum Gasteiger partial charge on any atom is 0.251 e. The number of carbonyl (C=O) groups excluding carboxylic acids is 1. The molecule has 144 valence electrons. The lowest BCUT2D eigenvalue weighted by molar-refractivity contribution is 0.0939. The molecule has 2 aromatic rings. The van der Waals surface area contributed by atoms with E-state index in [0.29, 0.717) is 12.2 Å². The number of carbonyl (C=O) groups is 1. The van der Waals surface area contributed by atoms with Crippen molar-refractivity contribution in [1.29, 1.82) is 0 Å². The van der Waals surface area contributed by atoms with Gasteiger partial charge in [0.2, 0.25) is 10.0 Å². The van der Waals surface area contributed by atoms with Crippen molar-refractivity contribution in [2.45, 2.75) is 36.8 Å². The lowest BCUT2D eigenvalue weighted by atomic mass is 10.1. The molecule has 1 aliphatic rings. The normalized spacial score (nSPS) is 18.2. The number of hydrogen-bond donors (Lipinski definition) is 2. The van der Waals surface area contributed by atoms with E-state index >= 15 is 0 Å². The van der Waals surface area contributed by atoms with Crippen molar-refractivity contribution in [3.8, 4) is 0 Å². The van der Waals surface area contributed by atoms with Gasteiger partial charge in [-0.25, -0.2) is 13.1 Å². The maximum atomic E-state index is 12.4. The molecule has 1 amide bonds. The number of aromatic nitrogens is 1. The second-order valence-electron chi connectivity index (χ2n) is 6.46. The molecule has 27 heavy (non-hydrogen) atoms. The number of hydrogen-bond acceptors (Lipinski definition) is 5. The predicted octanol–water partition coefficient (Wildman–Crippen LogP) is 2.03. The minimum Gasteiger partial charge on any atom is -0.377 e. The molecule has 0 bridgehead atoms. The van der Waals surface area contributed by atoms with Crippen LogP contribution in [-0.2, 0) is 14.8 Å². The third-order valence-corrected chi connectivity index (χ3v) is 5.87. The summed E-state index contributed by atoms with van der Waals surface area (Å²) < 4.78 is 32.7. The first kappa shape index (κ1) is 19.5. The molecule has 8 heteroatoms. The van der Waals surface area contributed by atoms with Gasteiger partial charge in [0.05, 0.1) is 22.7 Å². The molecular weight excluding hydrogens is 366 g/mol. The molecule has 0 unspecified atom stereocenters. The fourth-order valence-electron chi connectivity index (χ4n) is 2.86. The molecule has 1 aliphatic heterocycles. The molecule has 0 radical (unpaired) electrons. The number of ether oxygens (including phenoxy) is 1. The van der Waals surface area contributed by atoms with E-state index in [1.807, 2.05) is 25.1 Å². The van der Waals surface area contributed by atoms with Crippen molar-refractivity contribution < 1.29 is 17.9 Å². The van der Waals surface area contributed by atoms with E-state index in [0.717, 1.165) is 18.5 Å². The van der Waals surface area contributed by atoms with Crippen LogP contribution in [0.3, 0.4) is 0 Å². The van der Waals surface area contributed by atoms with Crippen LogP contribution in [0.25, 0.3) is 0 Å². The van der Waals surface area contributed by atoms with Crippen LogP contribution in [0.15, 0.2) is 53.6 Å². The number of amides is 1. The summed E-state index contributed by atoms with van der Waals surface area (Å²) in [4.78, 5) is 16.7. The Hall–Kier alpha value is -2.29. The van der Waals surface area contributed by atoms with E-state index in [9.17, 15) is 13.2 Å². The first-order valence-electron chi connectivity index (χ1n) is 8.89. The summed E-state index contributed by atoms with van der Waals surface area (Å²) in [5.74, 6) is -0.288. The quantitative estimate of drug-likeness (QED) is 0.755. The van der Waals surface area contributed by atoms with Gasteiger partial charge >= 0.3 is 0 Å². The molecule has 0 saturated carbocycles. The van der Waals surface area contributed by atoms with Crippen LogP contribution in [-0.4, -0.2) is 38.6 Å². The van der Waals surface area contributed by atoms with E-state index < -0.39 is 10.0 Å². The van der Waals surface area contributed by atoms with Gasteiger partial charge in [0, 0.05) is 24.9 Å². The van der Waals surface area contributed by atoms with Crippen molar-refractivity contribution in [2.24, 2.45) is 0 Å². The number of nitrogens with one attached hydrogen (secondary N) is 2. The zero-order valence-corrected chi connectivity index (χ0v) is 15.9. The average Bonchev–Trinajstić information content (AvgIpc) is 3.21. The van der Waals surface area contributed by atoms with Crippen LogP contribution in [0.2, 0.25) is 0 Å². The minimum atomic E-state index is -3.63. The first-order chi connectivity index (χ1) is 13.0. The van der Waals surface area contributed by atoms with E-state index in [-0.39, 0.29) is 29.5 Å². The lowest BCUT2D eigenvalue weighted by Crippen LogP contribution is -2.32. The Morgan fingerprint density at radius 3 is 2.67 bits per heavy atom. The largest absolute Gasteiger partial charge is 0.377 e. The lowest BCUT2D eigenvalue weighted by Gasteiger charge is -2.14. The Kier molecular flexibility index (Phi) is 6.20. The van der Waals surface area contributed by atoms with Gasteiger partial charge in [-0.05, 0) is 56.2 Å². The molecule has 0 aliphatic carbocycles. The van der Waals surface area contributed by atoms with Crippen LogP contribution in [0.5, 0.6) is 0 Å². The van der Waals surface area contributed by atoms with Gasteiger partial charge in [-0.3, -0.25) is 9.78 Å². The standard InChI is InChI=1S/C19H23N3O4S/c1-14(18-6-2-3-11-20-18)22-19(23)15-7-9-17(10-8-15)27(24,25)21-13-16-5-4-12-26-16/h2-3,6-11,14,16,21H,4-5,12-13H2,1H3,(H,22,23)/t14-,16+/m0/s1. The third kappa shape index (κ3) is 5.12. The number of pyridine rings is 1. The molecule has 2 N–H and O–H groups in total. The van der Waals surface area contributed by atoms with E-state index in [1.165, 1.54) is 24.3 Å². The molecule has 0 spiro atoms. The summed E-state index contributed by atoms with van der Waals surface area (Å²) in [7, 11) is -3.63. The summed E-state index contributed by atoms with van der Waals surface area (Å²) in [5.41, 5.74) is 1.14. The topological polar surface area (TPSA) is 97.4 Å². The fraction of sp³-hybridized carbons (Fsp3) is 0.368. The van der Waals surface area contributed by atoms with Crippen LogP contribution in [0, 0.1) is 0 Å². The summed E-state index contributed by atoms with van der Waals surface area (Å²) in [6.07, 6.45) is 3.41. The predicted molar refractivity (Wildman–Crippen MR) is 101 cm³/mol. The number of rotatable bonds is 7. The van der Waals surface area contributed by atoms with Gasteiger partial charge < -0.3 is 10.1 Å². The third-order valence-electron chi connectivity index (χ3n) is 4.43. The zero-order valence-electron chi connectivity index (χ0n) is 15.1. The van der Waals surface area contributed by atoms with Gasteiger partial charge in [0.15, 0.2) is 0 Å². The monoisotopic (exact) mass is 389 g/mol. The molecule has 2 heterocycles. The smallest absolute Gasteiger partial charge is 0.251 e. The minimum absolute atomic E-state index is 0.0714. The second-order valence-corrected chi connectivity index (χ2v) is 8.23. The Morgan fingerprint density at radius 2 is 2.04 bits per heavy atom. The molecule has 1 aromatic carbocycles. The van der Waals surface area contributed by atoms with Gasteiger partial charge in [-0.15, -0.1) is 0 Å². The van der Waals surface area contributed by atoms with Gasteiger partial charge in [-0.1, -0.05) is 6.07 Å². The molecule has 1 saturated heterocycles. The highest BCUT2D eigenvalue weighted by molar-refractivity contribution is 7.89. The number of benzene rings is 1. The van der Waals surface area contributed by atoms with Crippen molar-refractivity contribution in [2.75, 3.05) is 13.2 Å². The van der Waals surface area contributed by atoms with Crippen molar-refractivity contribution >= 4 is 15.9 Å². The Bertz CT molecular complexity index is 864. The van der Waals surface area contributed by atoms with E-state index in [4.69, 9.17) is 4.74 Å². The van der Waals surface area contributed by atoms with Crippen molar-refractivity contribution in [3.05, 3.63) is 59.9 Å². The fourth-order valence-corrected chi connectivity index (χ4v) is 3.93. The first-order valence-corrected chi connectivity index (χ1v) is 10.4. The van der Waals surface area contributed by atoms with Crippen LogP contribution >= 0.6 is 0 Å². The van der Waals surface area contributed by atoms with E-state index in [2.05, 4.69) is 15.0 Å². The Morgan fingerprint density at radius 1 is 1.26 bits per heavy atom. The van der Waals surface area contributed by atoms with Gasteiger partial charge in [-0.2, -0.15) is 0 Å². The van der Waals surface area contributed by atoms with Crippen molar-refractivity contribution in [3.63, 3.8) is 0 Å². The van der Waals surface area contributed by atoms with E-state index in [1.54, 1.807) is 6.20 Å². The summed E-state index contributed by atoms with van der Waals surface area (Å²) in [5, 5.41) is 2.85. The molecule has 7 nitrogen and oxygen atoms in total. The average molecular weight is 389 g/mol. The van der Waals surface area contributed by atoms with Crippen molar-refractivity contribution in [1.82, 2.24) is 15.0 Å². The summed E-state index contributed by atoms with van der Waals surface area (Å²) >= 11 is 0. The van der Waals surface area contributed by atoms with Crippen LogP contribution in [0.1, 0.15) is 41.9 Å². The summed E-state index contributed by atoms with van der Waals surface area (Å²) in [6, 6.07) is 11.1. The zero-order chi connectivity index (χ0) is 19.3. The van der Waals surface area contributed by atoms with Gasteiger partial charge in [0.25, 0.3) is 5.91 Å². The molecular formula is C19H23N3O4S. The van der Waals surface area contributed by atoms with Gasteiger partial charge in [0.1, 0.15) is 0 Å². The highest BCUT2D eigenvalue weighted by Crippen LogP contribution is 2.15. The Balaban J connectivity index is 1.61. The Labute approximate surface area is 159 Å². The molecule has 2 atom stereocenters. The number of sulfonamides is 1. The SMILES string of the molecule is C[C@H](NC(=O)c1ccc(S(=O)(=O)NC[C@H]2CCCO2)cc1)c1ccccn1.